The van der Waals surface area contributed by atoms with Gasteiger partial charge >= 0.3 is 5.97 Å². The number of benzene rings is 2. The zero-order chi connectivity index (χ0) is 22.8. The molecule has 0 aliphatic carbocycles. The fourth-order valence-electron chi connectivity index (χ4n) is 2.64. The Balaban J connectivity index is 1.82. The molecule has 0 aromatic heterocycles. The predicted molar refractivity (Wildman–Crippen MR) is 122 cm³/mol. The van der Waals surface area contributed by atoms with E-state index in [1.54, 1.807) is 31.2 Å². The van der Waals surface area contributed by atoms with Crippen molar-refractivity contribution in [2.75, 3.05) is 31.4 Å². The van der Waals surface area contributed by atoms with Gasteiger partial charge in [-0.05, 0) is 17.7 Å². The largest absolute Gasteiger partial charge is 0.480 e. The normalized spacial score (nSPS) is 12.6. The molecule has 7 nitrogen and oxygen atoms in total. The molecule has 0 saturated carbocycles. The molecular formula is C23H28N2O5S. The van der Waals surface area contributed by atoms with Crippen LogP contribution in [0.4, 0.5) is 5.69 Å². The van der Waals surface area contributed by atoms with Crippen LogP contribution in [0, 0.1) is 5.92 Å². The van der Waals surface area contributed by atoms with Crippen LogP contribution in [0.3, 0.4) is 0 Å². The third kappa shape index (κ3) is 8.07. The maximum Gasteiger partial charge on any atom is 0.328 e. The Morgan fingerprint density at radius 3 is 2.45 bits per heavy atom. The van der Waals surface area contributed by atoms with E-state index in [0.29, 0.717) is 5.56 Å². The van der Waals surface area contributed by atoms with E-state index < -0.39 is 23.8 Å². The molecule has 8 heteroatoms. The summed E-state index contributed by atoms with van der Waals surface area (Å²) < 4.78 is 5.54. The minimum atomic E-state index is -1.17. The molecule has 2 aromatic carbocycles. The minimum absolute atomic E-state index is 0.127. The summed E-state index contributed by atoms with van der Waals surface area (Å²) in [4.78, 5) is 38.1. The van der Waals surface area contributed by atoms with E-state index in [2.05, 4.69) is 5.32 Å². The van der Waals surface area contributed by atoms with Crippen LogP contribution in [0.25, 0.3) is 0 Å². The fraction of sp³-hybridized carbons (Fsp3) is 0.348. The molecule has 0 bridgehead atoms. The van der Waals surface area contributed by atoms with Crippen LogP contribution >= 0.6 is 11.8 Å². The monoisotopic (exact) mass is 444 g/mol. The Kier molecular flexibility index (Phi) is 9.55. The molecule has 2 aromatic rings. The summed E-state index contributed by atoms with van der Waals surface area (Å²) in [6, 6.07) is 15.4. The van der Waals surface area contributed by atoms with Gasteiger partial charge in [0.25, 0.3) is 0 Å². The van der Waals surface area contributed by atoms with Crippen LogP contribution < -0.4 is 10.2 Å². The van der Waals surface area contributed by atoms with Gasteiger partial charge in [-0.15, -0.1) is 0 Å². The lowest BCUT2D eigenvalue weighted by Crippen LogP contribution is -2.46. The summed E-state index contributed by atoms with van der Waals surface area (Å²) in [6.45, 7) is 1.74. The second kappa shape index (κ2) is 12.1. The molecule has 0 spiro atoms. The highest BCUT2D eigenvalue weighted by Gasteiger charge is 2.24. The number of carboxylic acids is 1. The van der Waals surface area contributed by atoms with Crippen LogP contribution in [-0.2, 0) is 20.9 Å². The summed E-state index contributed by atoms with van der Waals surface area (Å²) in [5.41, 5.74) is 2.49. The number of nitrogens with one attached hydrogen (secondary N) is 1. The fourth-order valence-corrected chi connectivity index (χ4v) is 3.50. The summed E-state index contributed by atoms with van der Waals surface area (Å²) in [5.74, 6) is -1.88. The molecule has 0 aliphatic heterocycles. The molecule has 2 atom stereocenters. The van der Waals surface area contributed by atoms with E-state index in [1.165, 1.54) is 0 Å². The molecule has 0 fully saturated rings. The van der Waals surface area contributed by atoms with Crippen LogP contribution in [-0.4, -0.2) is 54.6 Å². The van der Waals surface area contributed by atoms with Crippen molar-refractivity contribution in [3.8, 4) is 0 Å². The Hall–Kier alpha value is -2.84. The number of rotatable bonds is 11. The molecular weight excluding hydrogens is 416 g/mol. The number of hydrogen-bond donors (Lipinski definition) is 2. The third-order valence-electron chi connectivity index (χ3n) is 4.52. The number of aliphatic carboxylic acids is 1. The van der Waals surface area contributed by atoms with Gasteiger partial charge in [0.1, 0.15) is 0 Å². The SMILES string of the molecule is CC(CSC(=O)c1ccccc1)C(=O)N[C@@H](COCc1cccc(N(C)C)c1)C(=O)O. The molecule has 0 aliphatic rings. The quantitative estimate of drug-likeness (QED) is 0.550. The third-order valence-corrected chi connectivity index (χ3v) is 5.68. The predicted octanol–water partition coefficient (Wildman–Crippen LogP) is 3.05. The van der Waals surface area contributed by atoms with Crippen molar-refractivity contribution < 1.29 is 24.2 Å². The summed E-state index contributed by atoms with van der Waals surface area (Å²) in [7, 11) is 3.87. The van der Waals surface area contributed by atoms with Crippen LogP contribution in [0.5, 0.6) is 0 Å². The standard InChI is InChI=1S/C23H28N2O5S/c1-16(15-31-23(29)18-9-5-4-6-10-18)21(26)24-20(22(27)28)14-30-13-17-8-7-11-19(12-17)25(2)3/h4-12,16,20H,13-15H2,1-3H3,(H,24,26)(H,27,28)/t16?,20-/m0/s1. The molecule has 0 heterocycles. The van der Waals surface area contributed by atoms with Gasteiger partial charge in [0.15, 0.2) is 6.04 Å². The zero-order valence-electron chi connectivity index (χ0n) is 17.9. The van der Waals surface area contributed by atoms with Crippen molar-refractivity contribution >= 4 is 34.4 Å². The number of nitrogens with zero attached hydrogens (tertiary/aromatic N) is 1. The van der Waals surface area contributed by atoms with Gasteiger partial charge in [0.2, 0.25) is 11.0 Å². The van der Waals surface area contributed by atoms with Crippen LogP contribution in [0.2, 0.25) is 0 Å². The molecule has 166 valence electrons. The first kappa shape index (κ1) is 24.4. The second-order valence-corrected chi connectivity index (χ2v) is 8.34. The molecule has 1 amide bonds. The van der Waals surface area contributed by atoms with E-state index in [9.17, 15) is 19.5 Å². The van der Waals surface area contributed by atoms with E-state index in [4.69, 9.17) is 4.74 Å². The highest BCUT2D eigenvalue weighted by atomic mass is 32.2. The van der Waals surface area contributed by atoms with Gasteiger partial charge in [0.05, 0.1) is 13.2 Å². The number of carbonyl (C=O) groups is 3. The van der Waals surface area contributed by atoms with E-state index in [1.807, 2.05) is 49.3 Å². The minimum Gasteiger partial charge on any atom is -0.480 e. The number of anilines is 1. The van der Waals surface area contributed by atoms with Crippen molar-refractivity contribution in [3.63, 3.8) is 0 Å². The molecule has 2 N–H and O–H groups in total. The number of carboxylic acid groups (broad SMARTS) is 1. The molecule has 0 saturated heterocycles. The van der Waals surface area contributed by atoms with Crippen molar-refractivity contribution in [1.29, 1.82) is 0 Å². The van der Waals surface area contributed by atoms with E-state index >= 15 is 0 Å². The van der Waals surface area contributed by atoms with Gasteiger partial charge in [-0.1, -0.05) is 61.2 Å². The Labute approximate surface area is 186 Å². The van der Waals surface area contributed by atoms with Crippen LogP contribution in [0.1, 0.15) is 22.8 Å². The maximum atomic E-state index is 12.4. The lowest BCUT2D eigenvalue weighted by atomic mass is 10.2. The average Bonchev–Trinajstić information content (AvgIpc) is 2.77. The van der Waals surface area contributed by atoms with E-state index in [0.717, 1.165) is 23.0 Å². The van der Waals surface area contributed by atoms with Gasteiger partial charge < -0.3 is 20.1 Å². The lowest BCUT2D eigenvalue weighted by Gasteiger charge is -2.18. The second-order valence-electron chi connectivity index (χ2n) is 7.34. The van der Waals surface area contributed by atoms with Crippen molar-refractivity contribution in [2.45, 2.75) is 19.6 Å². The van der Waals surface area contributed by atoms with Crippen molar-refractivity contribution in [3.05, 3.63) is 65.7 Å². The summed E-state index contributed by atoms with van der Waals surface area (Å²) in [5, 5.41) is 11.8. The Morgan fingerprint density at radius 1 is 1.10 bits per heavy atom. The Morgan fingerprint density at radius 2 is 1.81 bits per heavy atom. The summed E-state index contributed by atoms with van der Waals surface area (Å²) >= 11 is 1.04. The average molecular weight is 445 g/mol. The highest BCUT2D eigenvalue weighted by molar-refractivity contribution is 8.14. The molecule has 2 rings (SSSR count). The topological polar surface area (TPSA) is 95.9 Å². The Bertz CT molecular complexity index is 889. The smallest absolute Gasteiger partial charge is 0.328 e. The first-order valence-electron chi connectivity index (χ1n) is 9.87. The first-order valence-corrected chi connectivity index (χ1v) is 10.9. The number of ether oxygens (including phenoxy) is 1. The number of amides is 1. The number of hydrogen-bond acceptors (Lipinski definition) is 6. The maximum absolute atomic E-state index is 12.4. The van der Waals surface area contributed by atoms with Crippen LogP contribution in [0.15, 0.2) is 54.6 Å². The first-order chi connectivity index (χ1) is 14.8. The molecule has 31 heavy (non-hydrogen) atoms. The molecule has 0 radical (unpaired) electrons. The van der Waals surface area contributed by atoms with Gasteiger partial charge in [0, 0.05) is 37.0 Å². The van der Waals surface area contributed by atoms with Gasteiger partial charge in [-0.3, -0.25) is 9.59 Å². The van der Waals surface area contributed by atoms with Crippen molar-refractivity contribution in [1.82, 2.24) is 5.32 Å². The lowest BCUT2D eigenvalue weighted by molar-refractivity contribution is -0.144. The highest BCUT2D eigenvalue weighted by Crippen LogP contribution is 2.16. The summed E-state index contributed by atoms with van der Waals surface area (Å²) in [6.07, 6.45) is 0. The number of thioether (sulfide) groups is 1. The van der Waals surface area contributed by atoms with Crippen molar-refractivity contribution in [2.24, 2.45) is 5.92 Å². The van der Waals surface area contributed by atoms with Gasteiger partial charge in [-0.2, -0.15) is 0 Å². The van der Waals surface area contributed by atoms with E-state index in [-0.39, 0.29) is 24.1 Å². The zero-order valence-corrected chi connectivity index (χ0v) is 18.7. The molecule has 1 unspecified atom stereocenters. The van der Waals surface area contributed by atoms with Gasteiger partial charge in [-0.25, -0.2) is 4.79 Å². The number of carbonyl (C=O) groups excluding carboxylic acids is 2.